The molecule has 1 amide bonds. The van der Waals surface area contributed by atoms with Gasteiger partial charge in [0.05, 0.1) is 42.1 Å². The van der Waals surface area contributed by atoms with Crippen LogP contribution in [-0.4, -0.2) is 31.0 Å². The van der Waals surface area contributed by atoms with E-state index in [4.69, 9.17) is 21.1 Å². The molecule has 0 spiro atoms. The Labute approximate surface area is 196 Å². The minimum Gasteiger partial charge on any atom is -0.507 e. The molecule has 1 fully saturated rings. The van der Waals surface area contributed by atoms with Crippen molar-refractivity contribution in [2.75, 3.05) is 19.1 Å². The molecule has 4 rings (SSSR count). The number of hydrogen-bond donors (Lipinski definition) is 1. The van der Waals surface area contributed by atoms with Crippen LogP contribution in [0.1, 0.15) is 22.7 Å². The normalized spacial score (nSPS) is 17.3. The van der Waals surface area contributed by atoms with Crippen molar-refractivity contribution >= 4 is 34.7 Å². The first kappa shape index (κ1) is 22.4. The third-order valence-corrected chi connectivity index (χ3v) is 5.83. The van der Waals surface area contributed by atoms with E-state index in [-0.39, 0.29) is 27.7 Å². The van der Waals surface area contributed by atoms with E-state index >= 15 is 0 Å². The van der Waals surface area contributed by atoms with Gasteiger partial charge in [-0.3, -0.25) is 14.5 Å². The van der Waals surface area contributed by atoms with Gasteiger partial charge in [-0.05, 0) is 42.3 Å². The smallest absolute Gasteiger partial charge is 0.300 e. The quantitative estimate of drug-likeness (QED) is 0.316. The predicted octanol–water partition coefficient (Wildman–Crippen LogP) is 5.29. The molecule has 0 radical (unpaired) electrons. The van der Waals surface area contributed by atoms with Crippen LogP contribution in [0.15, 0.2) is 72.3 Å². The maximum Gasteiger partial charge on any atom is 0.300 e. The molecule has 3 aromatic carbocycles. The van der Waals surface area contributed by atoms with Gasteiger partial charge in [-0.15, -0.1) is 0 Å². The summed E-state index contributed by atoms with van der Waals surface area (Å²) < 4.78 is 10.9. The van der Waals surface area contributed by atoms with E-state index in [2.05, 4.69) is 0 Å². The van der Waals surface area contributed by atoms with Crippen LogP contribution < -0.4 is 14.4 Å². The molecular formula is C26H22ClNO5. The third-order valence-electron chi connectivity index (χ3n) is 5.55. The minimum atomic E-state index is -0.883. The number of ether oxygens (including phenoxy) is 2. The third kappa shape index (κ3) is 3.83. The molecule has 1 unspecified atom stereocenters. The Morgan fingerprint density at radius 2 is 1.64 bits per heavy atom. The minimum absolute atomic E-state index is 0.0583. The Morgan fingerprint density at radius 1 is 0.970 bits per heavy atom. The SMILES string of the molecule is COc1ccccc1N1C(=O)C(=O)/C(=C(/O)c2cc(C)cc(Cl)c2OC)C1c1ccccc1. The van der Waals surface area contributed by atoms with E-state index in [0.717, 1.165) is 5.56 Å². The van der Waals surface area contributed by atoms with Gasteiger partial charge in [-0.25, -0.2) is 0 Å². The molecular weight excluding hydrogens is 442 g/mol. The Bertz CT molecular complexity index is 1270. The monoisotopic (exact) mass is 463 g/mol. The average Bonchev–Trinajstić information content (AvgIpc) is 3.09. The largest absolute Gasteiger partial charge is 0.507 e. The summed E-state index contributed by atoms with van der Waals surface area (Å²) in [6.45, 7) is 1.81. The number of benzene rings is 3. The molecule has 0 aromatic heterocycles. The van der Waals surface area contributed by atoms with Crippen molar-refractivity contribution in [2.45, 2.75) is 13.0 Å². The first-order valence-electron chi connectivity index (χ1n) is 10.2. The number of rotatable bonds is 5. The Balaban J connectivity index is 2.02. The lowest BCUT2D eigenvalue weighted by Crippen LogP contribution is -2.29. The van der Waals surface area contributed by atoms with Crippen LogP contribution in [0.5, 0.6) is 11.5 Å². The fraction of sp³-hybridized carbons (Fsp3) is 0.154. The second-order valence-corrected chi connectivity index (χ2v) is 7.99. The van der Waals surface area contributed by atoms with Crippen LogP contribution in [0, 0.1) is 6.92 Å². The van der Waals surface area contributed by atoms with Gasteiger partial charge < -0.3 is 14.6 Å². The molecule has 6 nitrogen and oxygen atoms in total. The summed E-state index contributed by atoms with van der Waals surface area (Å²) in [6, 6.07) is 18.5. The zero-order valence-electron chi connectivity index (χ0n) is 18.3. The molecule has 1 atom stereocenters. The van der Waals surface area contributed by atoms with Crippen LogP contribution in [0.4, 0.5) is 5.69 Å². The molecule has 0 bridgehead atoms. The number of nitrogens with zero attached hydrogens (tertiary/aromatic N) is 1. The first-order valence-corrected chi connectivity index (χ1v) is 10.6. The summed E-state index contributed by atoms with van der Waals surface area (Å²) in [6.07, 6.45) is 0. The van der Waals surface area contributed by atoms with Gasteiger partial charge in [0.25, 0.3) is 11.7 Å². The molecule has 0 aliphatic carbocycles. The Morgan fingerprint density at radius 3 is 2.30 bits per heavy atom. The lowest BCUT2D eigenvalue weighted by Gasteiger charge is -2.26. The van der Waals surface area contributed by atoms with Gasteiger partial charge in [-0.1, -0.05) is 54.1 Å². The number of ketones is 1. The van der Waals surface area contributed by atoms with Crippen LogP contribution in [0.2, 0.25) is 5.02 Å². The van der Waals surface area contributed by atoms with Gasteiger partial charge in [0, 0.05) is 0 Å². The number of anilines is 1. The zero-order valence-corrected chi connectivity index (χ0v) is 19.1. The number of para-hydroxylation sites is 2. The fourth-order valence-electron chi connectivity index (χ4n) is 4.12. The van der Waals surface area contributed by atoms with Crippen LogP contribution in [-0.2, 0) is 9.59 Å². The fourth-order valence-corrected chi connectivity index (χ4v) is 4.47. The van der Waals surface area contributed by atoms with Crippen LogP contribution in [0.3, 0.4) is 0 Å². The van der Waals surface area contributed by atoms with Gasteiger partial charge in [-0.2, -0.15) is 0 Å². The van der Waals surface area contributed by atoms with E-state index in [1.807, 2.05) is 25.1 Å². The number of carbonyl (C=O) groups is 2. The van der Waals surface area contributed by atoms with Crippen molar-refractivity contribution in [2.24, 2.45) is 0 Å². The highest BCUT2D eigenvalue weighted by molar-refractivity contribution is 6.52. The lowest BCUT2D eigenvalue weighted by molar-refractivity contribution is -0.132. The van der Waals surface area contributed by atoms with Crippen molar-refractivity contribution in [3.63, 3.8) is 0 Å². The van der Waals surface area contributed by atoms with Gasteiger partial charge in [0.2, 0.25) is 0 Å². The number of halogens is 1. The summed E-state index contributed by atoms with van der Waals surface area (Å²) in [5.41, 5.74) is 2.02. The highest BCUT2D eigenvalue weighted by Crippen LogP contribution is 2.46. The number of aliphatic hydroxyl groups is 1. The summed E-state index contributed by atoms with van der Waals surface area (Å²) >= 11 is 6.33. The number of aliphatic hydroxyl groups excluding tert-OH is 1. The van der Waals surface area contributed by atoms with E-state index in [1.54, 1.807) is 48.5 Å². The van der Waals surface area contributed by atoms with E-state index in [0.29, 0.717) is 17.0 Å². The molecule has 168 valence electrons. The van der Waals surface area contributed by atoms with Gasteiger partial charge in [0.15, 0.2) is 0 Å². The predicted molar refractivity (Wildman–Crippen MR) is 127 cm³/mol. The molecule has 1 heterocycles. The maximum atomic E-state index is 13.3. The highest BCUT2D eigenvalue weighted by Gasteiger charge is 2.48. The van der Waals surface area contributed by atoms with E-state index in [9.17, 15) is 14.7 Å². The Hall–Kier alpha value is -3.77. The molecule has 1 aliphatic rings. The summed E-state index contributed by atoms with van der Waals surface area (Å²) in [4.78, 5) is 28.0. The Kier molecular flexibility index (Phi) is 6.11. The second kappa shape index (κ2) is 9.00. The van der Waals surface area contributed by atoms with Gasteiger partial charge in [0.1, 0.15) is 17.3 Å². The molecule has 1 saturated heterocycles. The number of hydrogen-bond acceptors (Lipinski definition) is 5. The van der Waals surface area contributed by atoms with E-state index < -0.39 is 17.7 Å². The maximum absolute atomic E-state index is 13.3. The van der Waals surface area contributed by atoms with Crippen molar-refractivity contribution < 1.29 is 24.2 Å². The summed E-state index contributed by atoms with van der Waals surface area (Å²) in [5, 5.41) is 11.7. The van der Waals surface area contributed by atoms with Crippen molar-refractivity contribution in [1.29, 1.82) is 0 Å². The van der Waals surface area contributed by atoms with Crippen LogP contribution >= 0.6 is 11.6 Å². The lowest BCUT2D eigenvalue weighted by atomic mass is 9.94. The van der Waals surface area contributed by atoms with Crippen molar-refractivity contribution in [3.05, 3.63) is 94.0 Å². The molecule has 3 aromatic rings. The topological polar surface area (TPSA) is 76.1 Å². The standard InChI is InChI=1S/C26H22ClNO5/c1-15-13-17(25(33-3)18(27)14-15)23(29)21-22(16-9-5-4-6-10-16)28(26(31)24(21)30)19-11-7-8-12-20(19)32-2/h4-14,22,29H,1-3H3/b23-21+. The van der Waals surface area contributed by atoms with Gasteiger partial charge >= 0.3 is 0 Å². The zero-order chi connectivity index (χ0) is 23.7. The summed E-state index contributed by atoms with van der Waals surface area (Å²) in [5.74, 6) is -1.30. The first-order chi connectivity index (χ1) is 15.9. The average molecular weight is 464 g/mol. The van der Waals surface area contributed by atoms with Crippen molar-refractivity contribution in [1.82, 2.24) is 0 Å². The number of Topliss-reactive ketones (excluding diaryl/α,β-unsaturated/α-hetero) is 1. The van der Waals surface area contributed by atoms with Crippen LogP contribution in [0.25, 0.3) is 5.76 Å². The highest BCUT2D eigenvalue weighted by atomic mass is 35.5. The van der Waals surface area contributed by atoms with Crippen molar-refractivity contribution in [3.8, 4) is 11.5 Å². The molecule has 7 heteroatoms. The molecule has 0 saturated carbocycles. The molecule has 33 heavy (non-hydrogen) atoms. The molecule has 1 aliphatic heterocycles. The number of methoxy groups -OCH3 is 2. The number of amides is 1. The number of aryl methyl sites for hydroxylation is 1. The number of carbonyl (C=O) groups excluding carboxylic acids is 2. The van der Waals surface area contributed by atoms with E-state index in [1.165, 1.54) is 19.1 Å². The second-order valence-electron chi connectivity index (χ2n) is 7.58. The summed E-state index contributed by atoms with van der Waals surface area (Å²) in [7, 11) is 2.92. The molecule has 1 N–H and O–H groups in total.